The van der Waals surface area contributed by atoms with Crippen molar-refractivity contribution in [2.75, 3.05) is 13.2 Å². The van der Waals surface area contributed by atoms with E-state index < -0.39 is 0 Å². The predicted molar refractivity (Wildman–Crippen MR) is 101 cm³/mol. The number of benzene rings is 1. The molecule has 0 atom stereocenters. The number of hydrogen-bond acceptors (Lipinski definition) is 5. The van der Waals surface area contributed by atoms with Crippen LogP contribution in [0.3, 0.4) is 0 Å². The Morgan fingerprint density at radius 1 is 1.15 bits per heavy atom. The van der Waals surface area contributed by atoms with Gasteiger partial charge < -0.3 is 14.2 Å². The Balaban J connectivity index is 1.90. The normalized spacial score (nSPS) is 11.7. The lowest BCUT2D eigenvalue weighted by molar-refractivity contribution is 0.151. The van der Waals surface area contributed by atoms with E-state index >= 15 is 0 Å². The molecule has 0 aliphatic carbocycles. The van der Waals surface area contributed by atoms with Gasteiger partial charge in [0.15, 0.2) is 5.82 Å². The highest BCUT2D eigenvalue weighted by Gasteiger charge is 2.18. The summed E-state index contributed by atoms with van der Waals surface area (Å²) in [5.74, 6) is 1.17. The predicted octanol–water partition coefficient (Wildman–Crippen LogP) is 4.22. The first-order valence-electron chi connectivity index (χ1n) is 9.02. The number of aromatic nitrogens is 4. The first kappa shape index (κ1) is 16.7. The van der Waals surface area contributed by atoms with E-state index in [1.165, 1.54) is 10.9 Å². The summed E-state index contributed by atoms with van der Waals surface area (Å²) in [6, 6.07) is 6.34. The molecule has 0 radical (unpaired) electrons. The van der Waals surface area contributed by atoms with E-state index in [9.17, 15) is 0 Å². The van der Waals surface area contributed by atoms with Crippen molar-refractivity contribution in [1.82, 2.24) is 20.1 Å². The lowest BCUT2D eigenvalue weighted by Gasteiger charge is -2.07. The van der Waals surface area contributed by atoms with Crippen LogP contribution in [0, 0.1) is 6.92 Å². The van der Waals surface area contributed by atoms with Crippen molar-refractivity contribution in [1.29, 1.82) is 0 Å². The lowest BCUT2D eigenvalue weighted by Crippen LogP contribution is -1.98. The summed E-state index contributed by atoms with van der Waals surface area (Å²) in [4.78, 5) is 12.5. The number of ether oxygens (including phenoxy) is 1. The summed E-state index contributed by atoms with van der Waals surface area (Å²) >= 11 is 0. The van der Waals surface area contributed by atoms with Crippen LogP contribution in [0.1, 0.15) is 30.8 Å². The number of aryl methyl sites for hydroxylation is 2. The highest BCUT2D eigenvalue weighted by atomic mass is 16.5. The molecule has 0 saturated heterocycles. The van der Waals surface area contributed by atoms with Gasteiger partial charge in [0, 0.05) is 29.3 Å². The summed E-state index contributed by atoms with van der Waals surface area (Å²) in [7, 11) is 0. The number of aromatic amines is 1. The highest BCUT2D eigenvalue weighted by Crippen LogP contribution is 2.34. The van der Waals surface area contributed by atoms with Gasteiger partial charge in [0.25, 0.3) is 5.89 Å². The molecule has 3 heterocycles. The van der Waals surface area contributed by atoms with Crippen LogP contribution >= 0.6 is 0 Å². The lowest BCUT2D eigenvalue weighted by atomic mass is 10.0. The molecule has 0 spiro atoms. The van der Waals surface area contributed by atoms with Gasteiger partial charge in [-0.3, -0.25) is 0 Å². The highest BCUT2D eigenvalue weighted by molar-refractivity contribution is 6.11. The summed E-state index contributed by atoms with van der Waals surface area (Å²) in [5, 5.41) is 6.38. The van der Waals surface area contributed by atoms with Crippen LogP contribution in [0.15, 0.2) is 28.9 Å². The zero-order valence-corrected chi connectivity index (χ0v) is 15.3. The van der Waals surface area contributed by atoms with Gasteiger partial charge in [0.1, 0.15) is 5.69 Å². The Labute approximate surface area is 151 Å². The minimum Gasteiger partial charge on any atom is -0.381 e. The number of rotatable bonds is 6. The third-order valence-corrected chi connectivity index (χ3v) is 4.70. The molecule has 0 aliphatic heterocycles. The second kappa shape index (κ2) is 6.88. The van der Waals surface area contributed by atoms with Crippen molar-refractivity contribution in [2.24, 2.45) is 0 Å². The number of nitrogens with one attached hydrogen (secondary N) is 1. The van der Waals surface area contributed by atoms with Crippen molar-refractivity contribution >= 4 is 21.8 Å². The SMILES string of the molecule is CCOCCc1cccc2[nH]c3cnc(-c4nc(CC)no4)c(C)c3c12. The zero-order chi connectivity index (χ0) is 18.1. The molecule has 0 saturated carbocycles. The van der Waals surface area contributed by atoms with Gasteiger partial charge in [-0.25, -0.2) is 4.98 Å². The molecule has 4 rings (SSSR count). The number of fused-ring (bicyclic) bond motifs is 3. The first-order valence-corrected chi connectivity index (χ1v) is 9.02. The smallest absolute Gasteiger partial charge is 0.276 e. The largest absolute Gasteiger partial charge is 0.381 e. The quantitative estimate of drug-likeness (QED) is 0.527. The minimum atomic E-state index is 0.474. The fourth-order valence-electron chi connectivity index (χ4n) is 3.42. The van der Waals surface area contributed by atoms with Crippen LogP contribution in [0.25, 0.3) is 33.4 Å². The molecule has 0 aliphatic rings. The molecule has 4 aromatic rings. The maximum absolute atomic E-state index is 5.56. The van der Waals surface area contributed by atoms with Crippen molar-refractivity contribution in [3.05, 3.63) is 41.3 Å². The van der Waals surface area contributed by atoms with Crippen LogP contribution in [0.5, 0.6) is 0 Å². The van der Waals surface area contributed by atoms with Crippen LogP contribution < -0.4 is 0 Å². The van der Waals surface area contributed by atoms with E-state index in [4.69, 9.17) is 9.26 Å². The molecule has 134 valence electrons. The standard InChI is InChI=1S/C20H22N4O2/c1-4-16-23-20(26-24-16)19-12(3)17-15(11-21-19)22-14-8-6-7-13(18(14)17)9-10-25-5-2/h6-8,11,22H,4-5,9-10H2,1-3H3. The van der Waals surface area contributed by atoms with Gasteiger partial charge in [0.2, 0.25) is 0 Å². The Hall–Kier alpha value is -2.73. The van der Waals surface area contributed by atoms with Crippen molar-refractivity contribution in [3.63, 3.8) is 0 Å². The molecule has 3 aromatic heterocycles. The van der Waals surface area contributed by atoms with Crippen molar-refractivity contribution in [3.8, 4) is 11.6 Å². The molecule has 1 aromatic carbocycles. The van der Waals surface area contributed by atoms with Gasteiger partial charge >= 0.3 is 0 Å². The topological polar surface area (TPSA) is 76.8 Å². The Kier molecular flexibility index (Phi) is 4.42. The maximum atomic E-state index is 5.56. The van der Waals surface area contributed by atoms with Gasteiger partial charge in [-0.2, -0.15) is 4.98 Å². The van der Waals surface area contributed by atoms with E-state index in [1.807, 2.05) is 20.0 Å². The summed E-state index contributed by atoms with van der Waals surface area (Å²) in [6.07, 6.45) is 3.45. The zero-order valence-electron chi connectivity index (χ0n) is 15.3. The summed E-state index contributed by atoms with van der Waals surface area (Å²) in [5.41, 5.74) is 5.17. The minimum absolute atomic E-state index is 0.474. The second-order valence-electron chi connectivity index (χ2n) is 6.30. The van der Waals surface area contributed by atoms with Gasteiger partial charge in [-0.1, -0.05) is 24.2 Å². The second-order valence-corrected chi connectivity index (χ2v) is 6.30. The average Bonchev–Trinajstić information content (AvgIpc) is 3.27. The molecule has 1 N–H and O–H groups in total. The van der Waals surface area contributed by atoms with E-state index in [2.05, 4.69) is 45.2 Å². The van der Waals surface area contributed by atoms with Gasteiger partial charge in [-0.05, 0) is 37.5 Å². The third-order valence-electron chi connectivity index (χ3n) is 4.70. The number of hydrogen-bond donors (Lipinski definition) is 1. The molecule has 26 heavy (non-hydrogen) atoms. The number of nitrogens with zero attached hydrogens (tertiary/aromatic N) is 3. The van der Waals surface area contributed by atoms with Crippen LogP contribution in [-0.2, 0) is 17.6 Å². The Morgan fingerprint density at radius 2 is 2.04 bits per heavy atom. The molecule has 0 unspecified atom stereocenters. The fraction of sp³-hybridized carbons (Fsp3) is 0.350. The van der Waals surface area contributed by atoms with E-state index in [0.29, 0.717) is 18.3 Å². The Bertz CT molecular complexity index is 1060. The van der Waals surface area contributed by atoms with Crippen molar-refractivity contribution in [2.45, 2.75) is 33.6 Å². The van der Waals surface area contributed by atoms with Crippen LogP contribution in [0.4, 0.5) is 0 Å². The van der Waals surface area contributed by atoms with Crippen molar-refractivity contribution < 1.29 is 9.26 Å². The van der Waals surface area contributed by atoms with Gasteiger partial charge in [-0.15, -0.1) is 0 Å². The monoisotopic (exact) mass is 350 g/mol. The number of pyridine rings is 1. The van der Waals surface area contributed by atoms with Gasteiger partial charge in [0.05, 0.1) is 18.3 Å². The number of H-pyrrole nitrogens is 1. The molecular formula is C20H22N4O2. The third kappa shape index (κ3) is 2.76. The summed E-state index contributed by atoms with van der Waals surface area (Å²) < 4.78 is 11.0. The van der Waals surface area contributed by atoms with Crippen LogP contribution in [0.2, 0.25) is 0 Å². The molecule has 0 fully saturated rings. The maximum Gasteiger partial charge on any atom is 0.276 e. The van der Waals surface area contributed by atoms with Crippen LogP contribution in [-0.4, -0.2) is 33.3 Å². The van der Waals surface area contributed by atoms with E-state index in [1.54, 1.807) is 0 Å². The molecule has 0 amide bonds. The molecular weight excluding hydrogens is 328 g/mol. The molecule has 6 nitrogen and oxygen atoms in total. The van der Waals surface area contributed by atoms with E-state index in [-0.39, 0.29) is 0 Å². The average molecular weight is 350 g/mol. The fourth-order valence-corrected chi connectivity index (χ4v) is 3.42. The Morgan fingerprint density at radius 3 is 2.81 bits per heavy atom. The molecule has 6 heteroatoms. The van der Waals surface area contributed by atoms with E-state index in [0.717, 1.165) is 47.1 Å². The summed E-state index contributed by atoms with van der Waals surface area (Å²) in [6.45, 7) is 7.52. The molecule has 0 bridgehead atoms. The first-order chi connectivity index (χ1) is 12.7.